The molecule has 1 amide bonds. The number of rotatable bonds is 7. The summed E-state index contributed by atoms with van der Waals surface area (Å²) >= 11 is 1.44. The van der Waals surface area contributed by atoms with Gasteiger partial charge in [-0.25, -0.2) is 0 Å². The number of hydrogen-bond acceptors (Lipinski definition) is 4. The lowest BCUT2D eigenvalue weighted by Gasteiger charge is -2.07. The predicted molar refractivity (Wildman–Crippen MR) is 92.3 cm³/mol. The van der Waals surface area contributed by atoms with Crippen molar-refractivity contribution in [3.05, 3.63) is 75.3 Å². The Kier molecular flexibility index (Phi) is 6.17. The Bertz CT molecular complexity index is 704. The number of nitrogens with zero attached hydrogens (tertiary/aromatic N) is 1. The first-order valence-electron chi connectivity index (χ1n) is 7.18. The molecule has 120 valence electrons. The van der Waals surface area contributed by atoms with Gasteiger partial charge in [0.1, 0.15) is 0 Å². The van der Waals surface area contributed by atoms with Crippen LogP contribution in [-0.2, 0) is 17.1 Å². The van der Waals surface area contributed by atoms with Gasteiger partial charge in [0.15, 0.2) is 0 Å². The number of nitro benzene ring substituents is 1. The molecule has 0 unspecified atom stereocenters. The van der Waals surface area contributed by atoms with Gasteiger partial charge in [-0.1, -0.05) is 36.4 Å². The SMILES string of the molecule is Cc1ccccc1CNC(=O)CSCc1cccc([N+](=O)[O-])c1. The molecule has 2 aromatic carbocycles. The van der Waals surface area contributed by atoms with Crippen molar-refractivity contribution in [2.24, 2.45) is 0 Å². The van der Waals surface area contributed by atoms with Crippen LogP contribution in [0.3, 0.4) is 0 Å². The molecule has 0 aromatic heterocycles. The van der Waals surface area contributed by atoms with Gasteiger partial charge in [0.2, 0.25) is 5.91 Å². The standard InChI is InChI=1S/C17H18N2O3S/c1-13-5-2-3-7-15(13)10-18-17(20)12-23-11-14-6-4-8-16(9-14)19(21)22/h2-9H,10-12H2,1H3,(H,18,20). The lowest BCUT2D eigenvalue weighted by atomic mass is 10.1. The molecule has 0 bridgehead atoms. The van der Waals surface area contributed by atoms with Crippen molar-refractivity contribution in [3.63, 3.8) is 0 Å². The summed E-state index contributed by atoms with van der Waals surface area (Å²) < 4.78 is 0. The van der Waals surface area contributed by atoms with Crippen LogP contribution in [0.1, 0.15) is 16.7 Å². The van der Waals surface area contributed by atoms with E-state index in [2.05, 4.69) is 5.32 Å². The fourth-order valence-electron chi connectivity index (χ4n) is 2.07. The normalized spacial score (nSPS) is 10.3. The summed E-state index contributed by atoms with van der Waals surface area (Å²) in [6, 6.07) is 14.4. The van der Waals surface area contributed by atoms with Gasteiger partial charge in [0.05, 0.1) is 10.7 Å². The minimum atomic E-state index is -0.414. The zero-order valence-corrected chi connectivity index (χ0v) is 13.6. The Morgan fingerprint density at radius 1 is 1.22 bits per heavy atom. The minimum Gasteiger partial charge on any atom is -0.351 e. The number of nitrogens with one attached hydrogen (secondary N) is 1. The summed E-state index contributed by atoms with van der Waals surface area (Å²) in [6.45, 7) is 2.53. The molecule has 6 heteroatoms. The Labute approximate surface area is 139 Å². The second-order valence-electron chi connectivity index (χ2n) is 5.12. The van der Waals surface area contributed by atoms with Gasteiger partial charge < -0.3 is 5.32 Å². The van der Waals surface area contributed by atoms with Crippen molar-refractivity contribution in [2.75, 3.05) is 5.75 Å². The minimum absolute atomic E-state index is 0.0383. The maximum absolute atomic E-state index is 11.9. The number of amides is 1. The molecule has 23 heavy (non-hydrogen) atoms. The zero-order valence-electron chi connectivity index (χ0n) is 12.8. The Morgan fingerprint density at radius 3 is 2.74 bits per heavy atom. The molecule has 0 aliphatic heterocycles. The maximum atomic E-state index is 11.9. The van der Waals surface area contributed by atoms with Crippen molar-refractivity contribution in [1.82, 2.24) is 5.32 Å². The molecule has 5 nitrogen and oxygen atoms in total. The van der Waals surface area contributed by atoms with Crippen LogP contribution < -0.4 is 5.32 Å². The fraction of sp³-hybridized carbons (Fsp3) is 0.235. The second kappa shape index (κ2) is 8.33. The predicted octanol–water partition coefficient (Wildman–Crippen LogP) is 3.45. The van der Waals surface area contributed by atoms with E-state index in [1.807, 2.05) is 37.3 Å². The van der Waals surface area contributed by atoms with E-state index in [0.29, 0.717) is 18.1 Å². The van der Waals surface area contributed by atoms with E-state index in [-0.39, 0.29) is 11.6 Å². The summed E-state index contributed by atoms with van der Waals surface area (Å²) in [5, 5.41) is 13.6. The molecule has 0 heterocycles. The van der Waals surface area contributed by atoms with Gasteiger partial charge >= 0.3 is 0 Å². The maximum Gasteiger partial charge on any atom is 0.269 e. The average Bonchev–Trinajstić information content (AvgIpc) is 2.54. The number of hydrogen-bond donors (Lipinski definition) is 1. The van der Waals surface area contributed by atoms with Crippen molar-refractivity contribution in [3.8, 4) is 0 Å². The Balaban J connectivity index is 1.76. The molecule has 0 radical (unpaired) electrons. The summed E-state index contributed by atoms with van der Waals surface area (Å²) in [7, 11) is 0. The molecular formula is C17H18N2O3S. The summed E-state index contributed by atoms with van der Waals surface area (Å²) in [5.41, 5.74) is 3.17. The first-order valence-corrected chi connectivity index (χ1v) is 8.34. The molecule has 0 fully saturated rings. The number of thioether (sulfide) groups is 1. The van der Waals surface area contributed by atoms with Crippen molar-refractivity contribution < 1.29 is 9.72 Å². The number of carbonyl (C=O) groups excluding carboxylic acids is 1. The van der Waals surface area contributed by atoms with E-state index >= 15 is 0 Å². The highest BCUT2D eigenvalue weighted by atomic mass is 32.2. The van der Waals surface area contributed by atoms with Gasteiger partial charge in [0, 0.05) is 24.4 Å². The molecule has 0 saturated heterocycles. The van der Waals surface area contributed by atoms with E-state index in [1.54, 1.807) is 6.07 Å². The number of nitro groups is 1. The van der Waals surface area contributed by atoms with Crippen LogP contribution in [0.4, 0.5) is 5.69 Å². The average molecular weight is 330 g/mol. The van der Waals surface area contributed by atoms with Crippen LogP contribution in [0.5, 0.6) is 0 Å². The quantitative estimate of drug-likeness (QED) is 0.623. The van der Waals surface area contributed by atoms with Crippen LogP contribution in [-0.4, -0.2) is 16.6 Å². The highest BCUT2D eigenvalue weighted by molar-refractivity contribution is 7.99. The summed E-state index contributed by atoms with van der Waals surface area (Å²) in [4.78, 5) is 22.2. The molecule has 0 aliphatic rings. The van der Waals surface area contributed by atoms with Crippen molar-refractivity contribution >= 4 is 23.4 Å². The Hall–Kier alpha value is -2.34. The Morgan fingerprint density at radius 2 is 2.00 bits per heavy atom. The van der Waals surface area contributed by atoms with Gasteiger partial charge in [-0.2, -0.15) is 0 Å². The molecule has 0 atom stereocenters. The van der Waals surface area contributed by atoms with E-state index in [9.17, 15) is 14.9 Å². The van der Waals surface area contributed by atoms with Crippen LogP contribution in [0.15, 0.2) is 48.5 Å². The fourth-order valence-corrected chi connectivity index (χ4v) is 2.88. The molecular weight excluding hydrogens is 312 g/mol. The van der Waals surface area contributed by atoms with Crippen LogP contribution in [0.25, 0.3) is 0 Å². The number of non-ortho nitro benzene ring substituents is 1. The molecule has 0 saturated carbocycles. The number of carbonyl (C=O) groups is 1. The lowest BCUT2D eigenvalue weighted by Crippen LogP contribution is -2.24. The molecule has 1 N–H and O–H groups in total. The van der Waals surface area contributed by atoms with Crippen LogP contribution in [0, 0.1) is 17.0 Å². The van der Waals surface area contributed by atoms with E-state index < -0.39 is 4.92 Å². The van der Waals surface area contributed by atoms with E-state index in [1.165, 1.54) is 23.9 Å². The van der Waals surface area contributed by atoms with E-state index in [0.717, 1.165) is 16.7 Å². The molecule has 2 aromatic rings. The van der Waals surface area contributed by atoms with E-state index in [4.69, 9.17) is 0 Å². The number of aryl methyl sites for hydroxylation is 1. The highest BCUT2D eigenvalue weighted by Gasteiger charge is 2.07. The molecule has 0 aliphatic carbocycles. The zero-order chi connectivity index (χ0) is 16.7. The van der Waals surface area contributed by atoms with Crippen LogP contribution >= 0.6 is 11.8 Å². The lowest BCUT2D eigenvalue weighted by molar-refractivity contribution is -0.384. The third kappa shape index (κ3) is 5.41. The third-order valence-corrected chi connectivity index (χ3v) is 4.36. The van der Waals surface area contributed by atoms with Crippen molar-refractivity contribution in [2.45, 2.75) is 19.2 Å². The first kappa shape index (κ1) is 17.0. The second-order valence-corrected chi connectivity index (χ2v) is 6.11. The van der Waals surface area contributed by atoms with Gasteiger partial charge in [-0.05, 0) is 23.6 Å². The highest BCUT2D eigenvalue weighted by Crippen LogP contribution is 2.18. The number of benzene rings is 2. The smallest absolute Gasteiger partial charge is 0.269 e. The van der Waals surface area contributed by atoms with Crippen molar-refractivity contribution in [1.29, 1.82) is 0 Å². The largest absolute Gasteiger partial charge is 0.351 e. The topological polar surface area (TPSA) is 72.2 Å². The molecule has 2 rings (SSSR count). The third-order valence-electron chi connectivity index (χ3n) is 3.36. The van der Waals surface area contributed by atoms with Crippen LogP contribution in [0.2, 0.25) is 0 Å². The summed E-state index contributed by atoms with van der Waals surface area (Å²) in [5.74, 6) is 0.859. The monoisotopic (exact) mass is 330 g/mol. The van der Waals surface area contributed by atoms with Gasteiger partial charge in [0.25, 0.3) is 5.69 Å². The molecule has 0 spiro atoms. The summed E-state index contributed by atoms with van der Waals surface area (Å²) in [6.07, 6.45) is 0. The van der Waals surface area contributed by atoms with Gasteiger partial charge in [-0.3, -0.25) is 14.9 Å². The van der Waals surface area contributed by atoms with Gasteiger partial charge in [-0.15, -0.1) is 11.8 Å². The first-order chi connectivity index (χ1) is 11.1.